The highest BCUT2D eigenvalue weighted by molar-refractivity contribution is 5.65. The Morgan fingerprint density at radius 2 is 1.86 bits per heavy atom. The Morgan fingerprint density at radius 3 is 2.50 bits per heavy atom. The summed E-state index contributed by atoms with van der Waals surface area (Å²) in [4.78, 5) is 8.29. The lowest BCUT2D eigenvalue weighted by Gasteiger charge is -2.12. The molecule has 0 spiro atoms. The monoisotopic (exact) mass is 389 g/mol. The summed E-state index contributed by atoms with van der Waals surface area (Å²) in [6, 6.07) is 8.28. The van der Waals surface area contributed by atoms with Gasteiger partial charge in [-0.15, -0.1) is 0 Å². The third-order valence-corrected chi connectivity index (χ3v) is 4.05. The second-order valence-corrected chi connectivity index (χ2v) is 6.02. The minimum Gasteiger partial charge on any atom is -0.493 e. The second-order valence-electron chi connectivity index (χ2n) is 6.02. The van der Waals surface area contributed by atoms with Crippen molar-refractivity contribution in [2.45, 2.75) is 19.9 Å². The number of hydrogen-bond donors (Lipinski definition) is 1. The summed E-state index contributed by atoms with van der Waals surface area (Å²) < 4.78 is 38.9. The van der Waals surface area contributed by atoms with Gasteiger partial charge < -0.3 is 14.8 Å². The van der Waals surface area contributed by atoms with Crippen LogP contribution in [0.25, 0.3) is 11.3 Å². The summed E-state index contributed by atoms with van der Waals surface area (Å²) in [5.41, 5.74) is 1.54. The van der Waals surface area contributed by atoms with E-state index < -0.39 is 6.43 Å². The Morgan fingerprint density at radius 1 is 1.07 bits per heavy atom. The van der Waals surface area contributed by atoms with Gasteiger partial charge in [-0.2, -0.15) is 5.10 Å². The highest BCUT2D eigenvalue weighted by Crippen LogP contribution is 2.33. The van der Waals surface area contributed by atoms with E-state index in [0.717, 1.165) is 5.69 Å². The third-order valence-electron chi connectivity index (χ3n) is 4.05. The van der Waals surface area contributed by atoms with Gasteiger partial charge in [0.1, 0.15) is 5.69 Å². The Labute approximate surface area is 161 Å². The average Bonchev–Trinajstić information content (AvgIpc) is 3.12. The summed E-state index contributed by atoms with van der Waals surface area (Å²) >= 11 is 0. The number of rotatable bonds is 8. The first-order valence-electron chi connectivity index (χ1n) is 8.63. The number of nitrogens with zero attached hydrogens (tertiary/aromatic N) is 4. The van der Waals surface area contributed by atoms with E-state index in [1.54, 1.807) is 22.9 Å². The van der Waals surface area contributed by atoms with Crippen molar-refractivity contribution in [2.75, 3.05) is 26.1 Å². The van der Waals surface area contributed by atoms with Crippen LogP contribution >= 0.6 is 0 Å². The number of hydrogen-bond acceptors (Lipinski definition) is 6. The Kier molecular flexibility index (Phi) is 6.03. The highest BCUT2D eigenvalue weighted by Gasteiger charge is 2.15. The third kappa shape index (κ3) is 4.54. The molecular weight excluding hydrogens is 368 g/mol. The van der Waals surface area contributed by atoms with Crippen LogP contribution in [0.5, 0.6) is 11.5 Å². The number of anilines is 1. The van der Waals surface area contributed by atoms with Crippen molar-refractivity contribution in [3.63, 3.8) is 0 Å². The van der Waals surface area contributed by atoms with Crippen molar-refractivity contribution >= 4 is 5.95 Å². The molecule has 0 saturated carbocycles. The number of nitrogens with one attached hydrogen (secondary N) is 1. The molecule has 7 nitrogen and oxygen atoms in total. The molecule has 3 rings (SSSR count). The minimum absolute atomic E-state index is 0.131. The number of aryl methyl sites for hydroxylation is 1. The zero-order valence-electron chi connectivity index (χ0n) is 15.8. The van der Waals surface area contributed by atoms with Crippen molar-refractivity contribution in [2.24, 2.45) is 0 Å². The van der Waals surface area contributed by atoms with Crippen molar-refractivity contribution in [3.8, 4) is 22.8 Å². The predicted octanol–water partition coefficient (Wildman–Crippen LogP) is 3.72. The van der Waals surface area contributed by atoms with Crippen LogP contribution in [0.3, 0.4) is 0 Å². The fraction of sp³-hybridized carbons (Fsp3) is 0.316. The average molecular weight is 389 g/mol. The van der Waals surface area contributed by atoms with Crippen LogP contribution in [0.2, 0.25) is 0 Å². The SMILES string of the molecule is COc1ccc(-c2cc(C(F)F)nc(NCCn3ccc(C)n3)n2)cc1OC. The summed E-state index contributed by atoms with van der Waals surface area (Å²) in [5, 5.41) is 7.26. The van der Waals surface area contributed by atoms with Gasteiger partial charge in [0.15, 0.2) is 11.5 Å². The van der Waals surface area contributed by atoms with E-state index in [1.807, 2.05) is 19.2 Å². The van der Waals surface area contributed by atoms with Crippen LogP contribution < -0.4 is 14.8 Å². The van der Waals surface area contributed by atoms with Crippen molar-refractivity contribution in [3.05, 3.63) is 47.9 Å². The lowest BCUT2D eigenvalue weighted by Crippen LogP contribution is -2.13. The van der Waals surface area contributed by atoms with Crippen LogP contribution in [0.15, 0.2) is 36.5 Å². The van der Waals surface area contributed by atoms with E-state index >= 15 is 0 Å². The van der Waals surface area contributed by atoms with Gasteiger partial charge in [0.25, 0.3) is 6.43 Å². The molecule has 2 heterocycles. The van der Waals surface area contributed by atoms with E-state index in [9.17, 15) is 8.78 Å². The molecule has 0 unspecified atom stereocenters. The van der Waals surface area contributed by atoms with Crippen LogP contribution in [0.4, 0.5) is 14.7 Å². The number of aromatic nitrogens is 4. The van der Waals surface area contributed by atoms with Crippen LogP contribution in [0.1, 0.15) is 17.8 Å². The Bertz CT molecular complexity index is 946. The maximum Gasteiger partial charge on any atom is 0.280 e. The Balaban J connectivity index is 1.85. The van der Waals surface area contributed by atoms with Gasteiger partial charge in [-0.05, 0) is 37.3 Å². The molecular formula is C19H21F2N5O2. The molecule has 1 aromatic carbocycles. The minimum atomic E-state index is -2.71. The van der Waals surface area contributed by atoms with Gasteiger partial charge in [-0.1, -0.05) is 0 Å². The van der Waals surface area contributed by atoms with Gasteiger partial charge >= 0.3 is 0 Å². The molecule has 3 aromatic rings. The first-order chi connectivity index (χ1) is 13.5. The van der Waals surface area contributed by atoms with Gasteiger partial charge in [-0.25, -0.2) is 18.7 Å². The van der Waals surface area contributed by atoms with E-state index in [4.69, 9.17) is 9.47 Å². The largest absolute Gasteiger partial charge is 0.493 e. The van der Waals surface area contributed by atoms with Gasteiger partial charge in [0, 0.05) is 18.3 Å². The smallest absolute Gasteiger partial charge is 0.280 e. The number of halogens is 2. The first kappa shape index (κ1) is 19.5. The summed E-state index contributed by atoms with van der Waals surface area (Å²) in [6.45, 7) is 2.90. The number of ether oxygens (including phenoxy) is 2. The number of benzene rings is 1. The lowest BCUT2D eigenvalue weighted by atomic mass is 10.1. The molecule has 1 N–H and O–H groups in total. The predicted molar refractivity (Wildman–Crippen MR) is 101 cm³/mol. The molecule has 28 heavy (non-hydrogen) atoms. The fourth-order valence-corrected chi connectivity index (χ4v) is 2.67. The molecule has 0 atom stereocenters. The van der Waals surface area contributed by atoms with Gasteiger partial charge in [0.05, 0.1) is 32.2 Å². The summed E-state index contributed by atoms with van der Waals surface area (Å²) in [6.07, 6.45) is -0.862. The summed E-state index contributed by atoms with van der Waals surface area (Å²) in [5.74, 6) is 1.16. The molecule has 0 bridgehead atoms. The Hall–Kier alpha value is -3.23. The molecule has 0 saturated heterocycles. The van der Waals surface area contributed by atoms with Crippen molar-refractivity contribution in [1.82, 2.24) is 19.7 Å². The molecule has 0 aliphatic rings. The molecule has 2 aromatic heterocycles. The highest BCUT2D eigenvalue weighted by atomic mass is 19.3. The summed E-state index contributed by atoms with van der Waals surface area (Å²) in [7, 11) is 3.04. The maximum atomic E-state index is 13.3. The molecule has 9 heteroatoms. The molecule has 0 radical (unpaired) electrons. The molecule has 0 aliphatic carbocycles. The van der Waals surface area contributed by atoms with E-state index in [2.05, 4.69) is 20.4 Å². The molecule has 0 amide bonds. The normalized spacial score (nSPS) is 10.9. The van der Waals surface area contributed by atoms with E-state index in [1.165, 1.54) is 20.3 Å². The first-order valence-corrected chi connectivity index (χ1v) is 8.63. The van der Waals surface area contributed by atoms with Crippen LogP contribution in [-0.2, 0) is 6.54 Å². The van der Waals surface area contributed by atoms with Crippen LogP contribution in [-0.4, -0.2) is 40.5 Å². The zero-order chi connectivity index (χ0) is 20.1. The maximum absolute atomic E-state index is 13.3. The molecule has 0 aliphatic heterocycles. The van der Waals surface area contributed by atoms with Crippen molar-refractivity contribution < 1.29 is 18.3 Å². The zero-order valence-corrected chi connectivity index (χ0v) is 15.8. The number of alkyl halides is 2. The fourth-order valence-electron chi connectivity index (χ4n) is 2.67. The van der Waals surface area contributed by atoms with Crippen LogP contribution in [0, 0.1) is 6.92 Å². The quantitative estimate of drug-likeness (QED) is 0.633. The van der Waals surface area contributed by atoms with E-state index in [-0.39, 0.29) is 11.6 Å². The molecule has 0 fully saturated rings. The molecule has 148 valence electrons. The lowest BCUT2D eigenvalue weighted by molar-refractivity contribution is 0.146. The van der Waals surface area contributed by atoms with Crippen molar-refractivity contribution in [1.29, 1.82) is 0 Å². The van der Waals surface area contributed by atoms with Gasteiger partial charge in [0.2, 0.25) is 5.95 Å². The van der Waals surface area contributed by atoms with E-state index in [0.29, 0.717) is 35.8 Å². The standard InChI is InChI=1S/C19H21F2N5O2/c1-12-6-8-26(25-12)9-7-22-19-23-14(11-15(24-19)18(20)21)13-4-5-16(27-2)17(10-13)28-3/h4-6,8,10-11,18H,7,9H2,1-3H3,(H,22,23,24). The number of methoxy groups -OCH3 is 2. The van der Waals surface area contributed by atoms with Gasteiger partial charge in [-0.3, -0.25) is 4.68 Å². The second kappa shape index (κ2) is 8.64. The topological polar surface area (TPSA) is 74.1 Å².